The first-order valence-corrected chi connectivity index (χ1v) is 10.9. The zero-order chi connectivity index (χ0) is 23.2. The minimum Gasteiger partial charge on any atom is -0.493 e. The minimum absolute atomic E-state index is 0.231. The van der Waals surface area contributed by atoms with E-state index in [0.717, 1.165) is 37.4 Å². The topological polar surface area (TPSA) is 77.8 Å². The number of hydrogen-bond acceptors (Lipinski definition) is 8. The third-order valence-electron chi connectivity index (χ3n) is 5.91. The molecule has 0 aliphatic carbocycles. The third-order valence-corrected chi connectivity index (χ3v) is 5.91. The molecule has 0 N–H and O–H groups in total. The lowest BCUT2D eigenvalue weighted by molar-refractivity contribution is 0.170. The molecule has 176 valence electrons. The van der Waals surface area contributed by atoms with Gasteiger partial charge in [0.15, 0.2) is 17.3 Å². The second-order valence-electron chi connectivity index (χ2n) is 7.74. The molecule has 10 heteroatoms. The summed E-state index contributed by atoms with van der Waals surface area (Å²) in [6.07, 6.45) is 0. The van der Waals surface area contributed by atoms with Gasteiger partial charge in [-0.25, -0.2) is 9.07 Å². The Morgan fingerprint density at radius 3 is 2.39 bits per heavy atom. The van der Waals surface area contributed by atoms with Gasteiger partial charge in [0.1, 0.15) is 11.9 Å². The summed E-state index contributed by atoms with van der Waals surface area (Å²) < 4.78 is 31.7. The van der Waals surface area contributed by atoms with Gasteiger partial charge in [0.2, 0.25) is 0 Å². The van der Waals surface area contributed by atoms with Crippen LogP contribution in [0.25, 0.3) is 0 Å². The summed E-state index contributed by atoms with van der Waals surface area (Å²) in [7, 11) is 4.92. The van der Waals surface area contributed by atoms with Gasteiger partial charge in [-0.1, -0.05) is 12.1 Å². The predicted molar refractivity (Wildman–Crippen MR) is 121 cm³/mol. The number of halogens is 1. The molecule has 1 aromatic heterocycles. The van der Waals surface area contributed by atoms with Crippen LogP contribution in [0.4, 0.5) is 10.1 Å². The van der Waals surface area contributed by atoms with Crippen LogP contribution in [0, 0.1) is 5.82 Å². The number of aromatic nitrogens is 4. The van der Waals surface area contributed by atoms with Crippen molar-refractivity contribution < 1.29 is 18.6 Å². The predicted octanol–water partition coefficient (Wildman–Crippen LogP) is 2.39. The summed E-state index contributed by atoms with van der Waals surface area (Å²) in [5, 5.41) is 12.5. The van der Waals surface area contributed by atoms with E-state index in [2.05, 4.69) is 25.3 Å². The molecule has 0 spiro atoms. The van der Waals surface area contributed by atoms with E-state index in [4.69, 9.17) is 14.2 Å². The molecule has 0 unspecified atom stereocenters. The second-order valence-corrected chi connectivity index (χ2v) is 7.74. The van der Waals surface area contributed by atoms with Gasteiger partial charge in [0, 0.05) is 44.5 Å². The summed E-state index contributed by atoms with van der Waals surface area (Å²) in [6, 6.07) is 12.2. The maximum Gasteiger partial charge on any atom is 0.173 e. The van der Waals surface area contributed by atoms with Crippen molar-refractivity contribution in [1.29, 1.82) is 0 Å². The first kappa shape index (κ1) is 22.9. The van der Waals surface area contributed by atoms with Crippen molar-refractivity contribution in [2.45, 2.75) is 12.6 Å². The van der Waals surface area contributed by atoms with E-state index in [0.29, 0.717) is 30.5 Å². The number of tetrazole rings is 1. The molecular weight excluding hydrogens is 427 g/mol. The van der Waals surface area contributed by atoms with Gasteiger partial charge in [0.25, 0.3) is 0 Å². The third kappa shape index (κ3) is 4.91. The van der Waals surface area contributed by atoms with E-state index >= 15 is 0 Å². The number of methoxy groups -OCH3 is 3. The van der Waals surface area contributed by atoms with Crippen LogP contribution >= 0.6 is 0 Å². The standard InChI is InChI=1S/C23H29FN6O3/c1-31-16-15-30-23(25-26-27-30)21(19-5-4-6-20(32-2)22(19)33-3)29-13-11-28(12-14-29)18-9-7-17(24)8-10-18/h4-10,21H,11-16H2,1-3H3/t21-/m0/s1. The zero-order valence-corrected chi connectivity index (χ0v) is 19.1. The Bertz CT molecular complexity index is 1040. The molecule has 33 heavy (non-hydrogen) atoms. The van der Waals surface area contributed by atoms with Crippen molar-refractivity contribution in [1.82, 2.24) is 25.1 Å². The highest BCUT2D eigenvalue weighted by Crippen LogP contribution is 2.39. The molecule has 4 rings (SSSR count). The number of anilines is 1. The van der Waals surface area contributed by atoms with Crippen molar-refractivity contribution in [3.8, 4) is 11.5 Å². The lowest BCUT2D eigenvalue weighted by Crippen LogP contribution is -2.48. The van der Waals surface area contributed by atoms with Crippen LogP contribution in [-0.4, -0.2) is 79.2 Å². The summed E-state index contributed by atoms with van der Waals surface area (Å²) in [5.41, 5.74) is 1.94. The summed E-state index contributed by atoms with van der Waals surface area (Å²) in [6.45, 7) is 4.14. The highest BCUT2D eigenvalue weighted by molar-refractivity contribution is 5.50. The molecule has 1 aliphatic heterocycles. The highest BCUT2D eigenvalue weighted by atomic mass is 19.1. The van der Waals surface area contributed by atoms with Gasteiger partial charge in [-0.05, 0) is 40.8 Å². The molecule has 0 saturated carbocycles. The molecule has 2 aromatic carbocycles. The second kappa shape index (κ2) is 10.6. The van der Waals surface area contributed by atoms with Gasteiger partial charge in [-0.2, -0.15) is 0 Å². The van der Waals surface area contributed by atoms with Crippen molar-refractivity contribution in [3.63, 3.8) is 0 Å². The Kier molecular flexibility index (Phi) is 7.36. The molecule has 1 aliphatic rings. The molecule has 9 nitrogen and oxygen atoms in total. The first-order chi connectivity index (χ1) is 16.2. The van der Waals surface area contributed by atoms with Gasteiger partial charge >= 0.3 is 0 Å². The molecule has 2 heterocycles. The van der Waals surface area contributed by atoms with Crippen molar-refractivity contribution in [2.24, 2.45) is 0 Å². The van der Waals surface area contributed by atoms with E-state index in [-0.39, 0.29) is 11.9 Å². The Morgan fingerprint density at radius 2 is 1.73 bits per heavy atom. The Labute approximate surface area is 192 Å². The molecule has 0 amide bonds. The maximum atomic E-state index is 13.3. The Balaban J connectivity index is 1.66. The van der Waals surface area contributed by atoms with Crippen LogP contribution in [0.3, 0.4) is 0 Å². The normalized spacial score (nSPS) is 15.5. The molecule has 0 bridgehead atoms. The first-order valence-electron chi connectivity index (χ1n) is 10.9. The van der Waals surface area contributed by atoms with Gasteiger partial charge < -0.3 is 19.1 Å². The van der Waals surface area contributed by atoms with Crippen molar-refractivity contribution in [3.05, 3.63) is 59.7 Å². The van der Waals surface area contributed by atoms with E-state index in [1.54, 1.807) is 26.0 Å². The average molecular weight is 457 g/mol. The highest BCUT2D eigenvalue weighted by Gasteiger charge is 2.33. The van der Waals surface area contributed by atoms with Crippen LogP contribution < -0.4 is 14.4 Å². The molecule has 1 atom stereocenters. The maximum absolute atomic E-state index is 13.3. The van der Waals surface area contributed by atoms with E-state index in [1.807, 2.05) is 30.3 Å². The summed E-state index contributed by atoms with van der Waals surface area (Å²) >= 11 is 0. The van der Waals surface area contributed by atoms with Crippen molar-refractivity contribution in [2.75, 3.05) is 59.0 Å². The Hall–Kier alpha value is -3.24. The van der Waals surface area contributed by atoms with Gasteiger partial charge in [-0.15, -0.1) is 5.10 Å². The van der Waals surface area contributed by atoms with Gasteiger partial charge in [0.05, 0.1) is 27.4 Å². The van der Waals surface area contributed by atoms with Crippen molar-refractivity contribution >= 4 is 5.69 Å². The number of piperazine rings is 1. The number of ether oxygens (including phenoxy) is 3. The zero-order valence-electron chi connectivity index (χ0n) is 19.1. The summed E-state index contributed by atoms with van der Waals surface area (Å²) in [5.74, 6) is 1.80. The monoisotopic (exact) mass is 456 g/mol. The number of nitrogens with zero attached hydrogens (tertiary/aromatic N) is 6. The minimum atomic E-state index is -0.239. The van der Waals surface area contributed by atoms with Crippen LogP contribution in [0.2, 0.25) is 0 Å². The SMILES string of the molecule is COCCn1nnnc1[C@H](c1cccc(OC)c1OC)N1CCN(c2ccc(F)cc2)CC1. The fourth-order valence-corrected chi connectivity index (χ4v) is 4.26. The molecular formula is C23H29FN6O3. The van der Waals surface area contributed by atoms with Crippen LogP contribution in [0.1, 0.15) is 17.4 Å². The Morgan fingerprint density at radius 1 is 0.970 bits per heavy atom. The largest absolute Gasteiger partial charge is 0.493 e. The molecule has 1 saturated heterocycles. The fourth-order valence-electron chi connectivity index (χ4n) is 4.26. The number of benzene rings is 2. The fraction of sp³-hybridized carbons (Fsp3) is 0.435. The van der Waals surface area contributed by atoms with E-state index in [9.17, 15) is 4.39 Å². The molecule has 0 radical (unpaired) electrons. The van der Waals surface area contributed by atoms with E-state index in [1.165, 1.54) is 12.1 Å². The van der Waals surface area contributed by atoms with Crippen LogP contribution in [0.5, 0.6) is 11.5 Å². The van der Waals surface area contributed by atoms with Gasteiger partial charge in [-0.3, -0.25) is 4.90 Å². The lowest BCUT2D eigenvalue weighted by Gasteiger charge is -2.40. The molecule has 1 fully saturated rings. The summed E-state index contributed by atoms with van der Waals surface area (Å²) in [4.78, 5) is 4.59. The van der Waals surface area contributed by atoms with Crippen LogP contribution in [0.15, 0.2) is 42.5 Å². The quantitative estimate of drug-likeness (QED) is 0.486. The average Bonchev–Trinajstić information content (AvgIpc) is 3.31. The molecule has 3 aromatic rings. The number of rotatable bonds is 9. The number of para-hydroxylation sites is 1. The lowest BCUT2D eigenvalue weighted by atomic mass is 10.0. The smallest absolute Gasteiger partial charge is 0.173 e. The number of hydrogen-bond donors (Lipinski definition) is 0. The van der Waals surface area contributed by atoms with E-state index < -0.39 is 0 Å². The van der Waals surface area contributed by atoms with Crippen LogP contribution in [-0.2, 0) is 11.3 Å².